The van der Waals surface area contributed by atoms with Crippen molar-refractivity contribution in [2.24, 2.45) is 0 Å². The van der Waals surface area contributed by atoms with E-state index in [4.69, 9.17) is 9.47 Å². The summed E-state index contributed by atoms with van der Waals surface area (Å²) in [6.45, 7) is 0.231. The van der Waals surface area contributed by atoms with E-state index >= 15 is 0 Å². The number of amides is 1. The molecular formula is C18H18N2O3. The molecule has 0 bridgehead atoms. The first-order valence-corrected chi connectivity index (χ1v) is 7.62. The van der Waals surface area contributed by atoms with Crippen LogP contribution in [0, 0.1) is 0 Å². The highest BCUT2D eigenvalue weighted by atomic mass is 16.7. The molecule has 5 heteroatoms. The lowest BCUT2D eigenvalue weighted by Gasteiger charge is -2.26. The van der Waals surface area contributed by atoms with Gasteiger partial charge in [-0.3, -0.25) is 4.79 Å². The van der Waals surface area contributed by atoms with Gasteiger partial charge in [0.15, 0.2) is 11.5 Å². The molecule has 2 heterocycles. The van der Waals surface area contributed by atoms with Gasteiger partial charge in [0.25, 0.3) is 0 Å². The number of rotatable bonds is 2. The van der Waals surface area contributed by atoms with Crippen LogP contribution in [0.2, 0.25) is 0 Å². The maximum Gasteiger partial charge on any atom is 0.231 e. The smallest absolute Gasteiger partial charge is 0.231 e. The molecule has 2 aromatic carbocycles. The highest BCUT2D eigenvalue weighted by Gasteiger charge is 2.29. The third-order valence-corrected chi connectivity index (χ3v) is 4.40. The summed E-state index contributed by atoms with van der Waals surface area (Å²) < 4.78 is 10.9. The van der Waals surface area contributed by atoms with Gasteiger partial charge in [-0.25, -0.2) is 0 Å². The van der Waals surface area contributed by atoms with Crippen molar-refractivity contribution in [1.29, 1.82) is 0 Å². The number of nitrogens with zero attached hydrogens (tertiary/aromatic N) is 1. The lowest BCUT2D eigenvalue weighted by molar-refractivity contribution is -0.116. The Morgan fingerprint density at radius 1 is 1.09 bits per heavy atom. The second-order valence-corrected chi connectivity index (χ2v) is 6.08. The zero-order valence-corrected chi connectivity index (χ0v) is 13.1. The first kappa shape index (κ1) is 13.9. The summed E-state index contributed by atoms with van der Waals surface area (Å²) in [5.74, 6) is 1.49. The second-order valence-electron chi connectivity index (χ2n) is 6.08. The lowest BCUT2D eigenvalue weighted by Crippen LogP contribution is -2.23. The van der Waals surface area contributed by atoms with Crippen LogP contribution in [0.1, 0.15) is 23.5 Å². The number of hydrogen-bond acceptors (Lipinski definition) is 4. The monoisotopic (exact) mass is 310 g/mol. The number of anilines is 2. The summed E-state index contributed by atoms with van der Waals surface area (Å²) in [7, 11) is 4.03. The van der Waals surface area contributed by atoms with Crippen molar-refractivity contribution in [2.75, 3.05) is 31.1 Å². The average molecular weight is 310 g/mol. The van der Waals surface area contributed by atoms with E-state index < -0.39 is 0 Å². The summed E-state index contributed by atoms with van der Waals surface area (Å²) in [6, 6.07) is 12.2. The van der Waals surface area contributed by atoms with Gasteiger partial charge in [0.2, 0.25) is 12.7 Å². The van der Waals surface area contributed by atoms with Gasteiger partial charge < -0.3 is 19.7 Å². The molecule has 0 radical (unpaired) electrons. The SMILES string of the molecule is CN(C)c1ccc([C@@H]2CC(=O)Nc3cc4c(cc32)OCO4)cc1. The molecular weight excluding hydrogens is 292 g/mol. The van der Waals surface area contributed by atoms with E-state index in [1.807, 2.05) is 26.2 Å². The molecule has 23 heavy (non-hydrogen) atoms. The maximum absolute atomic E-state index is 12.1. The number of fused-ring (bicyclic) bond motifs is 2. The predicted octanol–water partition coefficient (Wildman–Crippen LogP) is 2.96. The van der Waals surface area contributed by atoms with Crippen molar-refractivity contribution in [3.63, 3.8) is 0 Å². The average Bonchev–Trinajstić information content (AvgIpc) is 2.99. The number of nitrogens with one attached hydrogen (secondary N) is 1. The van der Waals surface area contributed by atoms with Gasteiger partial charge in [0.05, 0.1) is 0 Å². The Labute approximate surface area is 134 Å². The van der Waals surface area contributed by atoms with Crippen molar-refractivity contribution >= 4 is 17.3 Å². The van der Waals surface area contributed by atoms with Crippen LogP contribution >= 0.6 is 0 Å². The minimum absolute atomic E-state index is 0.0260. The van der Waals surface area contributed by atoms with Crippen LogP contribution in [0.4, 0.5) is 11.4 Å². The number of hydrogen-bond donors (Lipinski definition) is 1. The van der Waals surface area contributed by atoms with Gasteiger partial charge >= 0.3 is 0 Å². The molecule has 1 atom stereocenters. The molecule has 1 N–H and O–H groups in total. The Balaban J connectivity index is 1.76. The van der Waals surface area contributed by atoms with E-state index in [2.05, 4.69) is 34.5 Å². The summed E-state index contributed by atoms with van der Waals surface area (Å²) in [4.78, 5) is 14.2. The summed E-state index contributed by atoms with van der Waals surface area (Å²) in [6.07, 6.45) is 0.438. The molecule has 118 valence electrons. The van der Waals surface area contributed by atoms with E-state index in [9.17, 15) is 4.79 Å². The highest BCUT2D eigenvalue weighted by Crippen LogP contribution is 2.44. The van der Waals surface area contributed by atoms with Gasteiger partial charge in [-0.2, -0.15) is 0 Å². The van der Waals surface area contributed by atoms with Crippen LogP contribution in [0.5, 0.6) is 11.5 Å². The molecule has 0 aliphatic carbocycles. The molecule has 2 aliphatic heterocycles. The van der Waals surface area contributed by atoms with E-state index in [0.717, 1.165) is 28.3 Å². The molecule has 0 unspecified atom stereocenters. The van der Waals surface area contributed by atoms with Gasteiger partial charge in [0, 0.05) is 43.9 Å². The van der Waals surface area contributed by atoms with Gasteiger partial charge in [0.1, 0.15) is 0 Å². The van der Waals surface area contributed by atoms with Crippen molar-refractivity contribution < 1.29 is 14.3 Å². The van der Waals surface area contributed by atoms with E-state index in [-0.39, 0.29) is 18.6 Å². The molecule has 5 nitrogen and oxygen atoms in total. The van der Waals surface area contributed by atoms with Crippen LogP contribution in [-0.4, -0.2) is 26.8 Å². The summed E-state index contributed by atoms with van der Waals surface area (Å²) >= 11 is 0. The van der Waals surface area contributed by atoms with Crippen LogP contribution in [0.25, 0.3) is 0 Å². The lowest BCUT2D eigenvalue weighted by atomic mass is 9.84. The third kappa shape index (κ3) is 2.38. The molecule has 0 saturated carbocycles. The Bertz CT molecular complexity index is 769. The Morgan fingerprint density at radius 3 is 2.48 bits per heavy atom. The van der Waals surface area contributed by atoms with Crippen molar-refractivity contribution in [1.82, 2.24) is 0 Å². The third-order valence-electron chi connectivity index (χ3n) is 4.40. The first-order valence-electron chi connectivity index (χ1n) is 7.62. The van der Waals surface area contributed by atoms with Crippen molar-refractivity contribution in [2.45, 2.75) is 12.3 Å². The molecule has 0 aromatic heterocycles. The maximum atomic E-state index is 12.1. The minimum atomic E-state index is 0.0260. The molecule has 4 rings (SSSR count). The number of ether oxygens (including phenoxy) is 2. The number of benzene rings is 2. The quantitative estimate of drug-likeness (QED) is 0.926. The Morgan fingerprint density at radius 2 is 1.78 bits per heavy atom. The van der Waals surface area contributed by atoms with E-state index in [1.165, 1.54) is 0 Å². The van der Waals surface area contributed by atoms with Crippen LogP contribution in [-0.2, 0) is 4.79 Å². The fraction of sp³-hybridized carbons (Fsp3) is 0.278. The topological polar surface area (TPSA) is 50.8 Å². The molecule has 2 aromatic rings. The number of carbonyl (C=O) groups is 1. The standard InChI is InChI=1S/C18H18N2O3/c1-20(2)12-5-3-11(4-6-12)13-8-18(21)19-15-9-17-16(7-14(13)15)22-10-23-17/h3-7,9,13H,8,10H2,1-2H3,(H,19,21)/t13-/m0/s1. The normalized spacial score (nSPS) is 18.3. The van der Waals surface area contributed by atoms with Crippen LogP contribution in [0.3, 0.4) is 0 Å². The number of carbonyl (C=O) groups excluding carboxylic acids is 1. The zero-order valence-electron chi connectivity index (χ0n) is 13.1. The largest absolute Gasteiger partial charge is 0.454 e. The first-order chi connectivity index (χ1) is 11.1. The van der Waals surface area contributed by atoms with Crippen LogP contribution in [0.15, 0.2) is 36.4 Å². The summed E-state index contributed by atoms with van der Waals surface area (Å²) in [5, 5.41) is 2.94. The van der Waals surface area contributed by atoms with Crippen LogP contribution < -0.4 is 19.7 Å². The molecule has 1 amide bonds. The molecule has 0 fully saturated rings. The Kier molecular flexibility index (Phi) is 3.15. The fourth-order valence-corrected chi connectivity index (χ4v) is 3.15. The van der Waals surface area contributed by atoms with Gasteiger partial charge in [-0.1, -0.05) is 12.1 Å². The zero-order chi connectivity index (χ0) is 16.0. The Hall–Kier alpha value is -2.69. The second kappa shape index (κ2) is 5.19. The van der Waals surface area contributed by atoms with E-state index in [1.54, 1.807) is 0 Å². The predicted molar refractivity (Wildman–Crippen MR) is 88.4 cm³/mol. The highest BCUT2D eigenvalue weighted by molar-refractivity contribution is 5.96. The van der Waals surface area contributed by atoms with Crippen molar-refractivity contribution in [3.05, 3.63) is 47.5 Å². The van der Waals surface area contributed by atoms with Gasteiger partial charge in [-0.15, -0.1) is 0 Å². The molecule has 0 spiro atoms. The molecule has 2 aliphatic rings. The van der Waals surface area contributed by atoms with E-state index in [0.29, 0.717) is 12.2 Å². The van der Waals surface area contributed by atoms with Gasteiger partial charge in [-0.05, 0) is 29.3 Å². The summed E-state index contributed by atoms with van der Waals surface area (Å²) in [5.41, 5.74) is 4.16. The fourth-order valence-electron chi connectivity index (χ4n) is 3.15. The van der Waals surface area contributed by atoms with Crippen molar-refractivity contribution in [3.8, 4) is 11.5 Å². The minimum Gasteiger partial charge on any atom is -0.454 e. The molecule has 0 saturated heterocycles.